The maximum absolute atomic E-state index is 12.2. The van der Waals surface area contributed by atoms with Crippen LogP contribution in [0.4, 0.5) is 5.69 Å². The number of rotatable bonds is 4. The van der Waals surface area contributed by atoms with Crippen LogP contribution in [0.5, 0.6) is 0 Å². The fourth-order valence-corrected chi connectivity index (χ4v) is 1.96. The second-order valence-corrected chi connectivity index (χ2v) is 4.49. The van der Waals surface area contributed by atoms with Crippen molar-refractivity contribution < 1.29 is 14.8 Å². The Bertz CT molecular complexity index is 651. The van der Waals surface area contributed by atoms with E-state index in [1.54, 1.807) is 12.1 Å². The molecule has 3 N–H and O–H groups in total. The minimum absolute atomic E-state index is 0.114. The van der Waals surface area contributed by atoms with E-state index in [9.17, 15) is 9.59 Å². The summed E-state index contributed by atoms with van der Waals surface area (Å²) in [7, 11) is 0. The lowest BCUT2D eigenvalue weighted by Crippen LogP contribution is -2.23. The van der Waals surface area contributed by atoms with Gasteiger partial charge in [0.05, 0.1) is 11.1 Å². The van der Waals surface area contributed by atoms with Crippen molar-refractivity contribution in [3.63, 3.8) is 0 Å². The number of anilines is 1. The van der Waals surface area contributed by atoms with E-state index in [4.69, 9.17) is 5.21 Å². The summed E-state index contributed by atoms with van der Waals surface area (Å²) in [5.74, 6) is -1.12. The molecule has 0 unspecified atom stereocenters. The van der Waals surface area contributed by atoms with Gasteiger partial charge in [0.25, 0.3) is 11.8 Å². The minimum Gasteiger partial charge on any atom is -0.322 e. The molecule has 0 saturated heterocycles. The fraction of sp³-hybridized carbons (Fsp3) is 0.125. The Hall–Kier alpha value is -2.66. The molecule has 0 aliphatic carbocycles. The second-order valence-electron chi connectivity index (χ2n) is 4.49. The molecule has 0 atom stereocenters. The third-order valence-corrected chi connectivity index (χ3v) is 3.14. The number of carbonyl (C=O) groups excluding carboxylic acids is 2. The second kappa shape index (κ2) is 6.67. The van der Waals surface area contributed by atoms with Gasteiger partial charge in [0.2, 0.25) is 0 Å². The Labute approximate surface area is 122 Å². The minimum atomic E-state index is -0.720. The maximum Gasteiger partial charge on any atom is 0.275 e. The number of amides is 2. The molecule has 2 aromatic carbocycles. The summed E-state index contributed by atoms with van der Waals surface area (Å²) in [6, 6.07) is 13.8. The van der Waals surface area contributed by atoms with Gasteiger partial charge in [-0.3, -0.25) is 14.8 Å². The summed E-state index contributed by atoms with van der Waals surface area (Å²) >= 11 is 0. The van der Waals surface area contributed by atoms with Gasteiger partial charge in [-0.25, -0.2) is 5.48 Å². The largest absolute Gasteiger partial charge is 0.322 e. The predicted molar refractivity (Wildman–Crippen MR) is 79.5 cm³/mol. The lowest BCUT2D eigenvalue weighted by Gasteiger charge is -2.09. The topological polar surface area (TPSA) is 78.4 Å². The summed E-state index contributed by atoms with van der Waals surface area (Å²) in [6.45, 7) is 2.05. The molecular weight excluding hydrogens is 268 g/mol. The maximum atomic E-state index is 12.2. The molecule has 0 spiro atoms. The van der Waals surface area contributed by atoms with Gasteiger partial charge in [0.1, 0.15) is 0 Å². The smallest absolute Gasteiger partial charge is 0.275 e. The molecule has 5 heteroatoms. The molecule has 0 heterocycles. The number of nitrogens with one attached hydrogen (secondary N) is 2. The highest BCUT2D eigenvalue weighted by molar-refractivity contribution is 6.11. The first-order valence-electron chi connectivity index (χ1n) is 6.59. The molecule has 0 fully saturated rings. The molecule has 21 heavy (non-hydrogen) atoms. The molecule has 2 aromatic rings. The van der Waals surface area contributed by atoms with E-state index in [1.165, 1.54) is 23.2 Å². The lowest BCUT2D eigenvalue weighted by atomic mass is 10.1. The molecule has 108 valence electrons. The zero-order valence-corrected chi connectivity index (χ0v) is 11.6. The molecule has 0 saturated carbocycles. The summed E-state index contributed by atoms with van der Waals surface area (Å²) in [5.41, 5.74) is 3.67. The molecule has 0 bridgehead atoms. The van der Waals surface area contributed by atoms with Crippen LogP contribution in [0.2, 0.25) is 0 Å². The summed E-state index contributed by atoms with van der Waals surface area (Å²) in [6.07, 6.45) is 0.924. The van der Waals surface area contributed by atoms with Gasteiger partial charge in [-0.15, -0.1) is 0 Å². The van der Waals surface area contributed by atoms with E-state index in [0.717, 1.165) is 6.42 Å². The standard InChI is InChI=1S/C16H16N2O3/c1-2-11-7-9-12(10-8-11)17-15(19)13-5-3-4-6-14(13)16(20)18-21/h3-10,21H,2H2,1H3,(H,17,19)(H,18,20). The van der Waals surface area contributed by atoms with Crippen molar-refractivity contribution in [1.82, 2.24) is 5.48 Å². The fourth-order valence-electron chi connectivity index (χ4n) is 1.96. The van der Waals surface area contributed by atoms with Crippen LogP contribution >= 0.6 is 0 Å². The van der Waals surface area contributed by atoms with Crippen LogP contribution in [0.15, 0.2) is 48.5 Å². The number of hydrogen-bond donors (Lipinski definition) is 3. The van der Waals surface area contributed by atoms with Gasteiger partial charge in [-0.1, -0.05) is 31.2 Å². The van der Waals surface area contributed by atoms with Crippen molar-refractivity contribution in [2.45, 2.75) is 13.3 Å². The molecule has 0 aliphatic heterocycles. The third kappa shape index (κ3) is 3.46. The van der Waals surface area contributed by atoms with Crippen LogP contribution < -0.4 is 10.8 Å². The van der Waals surface area contributed by atoms with Crippen LogP contribution in [-0.4, -0.2) is 17.0 Å². The number of hydrogen-bond acceptors (Lipinski definition) is 3. The first-order valence-corrected chi connectivity index (χ1v) is 6.59. The molecule has 2 amide bonds. The average Bonchev–Trinajstić information content (AvgIpc) is 2.54. The van der Waals surface area contributed by atoms with E-state index in [2.05, 4.69) is 12.2 Å². The first kappa shape index (κ1) is 14.7. The zero-order chi connectivity index (χ0) is 15.2. The Kier molecular flexibility index (Phi) is 4.68. The summed E-state index contributed by atoms with van der Waals surface area (Å²) < 4.78 is 0. The van der Waals surface area contributed by atoms with Crippen molar-refractivity contribution in [3.05, 3.63) is 65.2 Å². The van der Waals surface area contributed by atoms with Gasteiger partial charge in [0.15, 0.2) is 0 Å². The van der Waals surface area contributed by atoms with Gasteiger partial charge >= 0.3 is 0 Å². The van der Waals surface area contributed by atoms with Crippen LogP contribution in [0, 0.1) is 0 Å². The molecular formula is C16H16N2O3. The highest BCUT2D eigenvalue weighted by atomic mass is 16.5. The van der Waals surface area contributed by atoms with Crippen molar-refractivity contribution in [3.8, 4) is 0 Å². The van der Waals surface area contributed by atoms with E-state index in [1.807, 2.05) is 24.3 Å². The van der Waals surface area contributed by atoms with Crippen molar-refractivity contribution in [2.24, 2.45) is 0 Å². The third-order valence-electron chi connectivity index (χ3n) is 3.14. The van der Waals surface area contributed by atoms with Gasteiger partial charge in [-0.05, 0) is 36.2 Å². The van der Waals surface area contributed by atoms with Crippen molar-refractivity contribution in [2.75, 3.05) is 5.32 Å². The Morgan fingerprint density at radius 2 is 1.52 bits per heavy atom. The van der Waals surface area contributed by atoms with Gasteiger partial charge in [0, 0.05) is 5.69 Å². The Morgan fingerprint density at radius 1 is 0.952 bits per heavy atom. The van der Waals surface area contributed by atoms with E-state index >= 15 is 0 Å². The molecule has 2 rings (SSSR count). The quantitative estimate of drug-likeness (QED) is 0.596. The summed E-state index contributed by atoms with van der Waals surface area (Å²) in [4.78, 5) is 23.8. The van der Waals surface area contributed by atoms with E-state index in [0.29, 0.717) is 5.69 Å². The number of aryl methyl sites for hydroxylation is 1. The SMILES string of the molecule is CCc1ccc(NC(=O)c2ccccc2C(=O)NO)cc1. The monoisotopic (exact) mass is 284 g/mol. The van der Waals surface area contributed by atoms with Crippen LogP contribution in [-0.2, 0) is 6.42 Å². The van der Waals surface area contributed by atoms with Crippen LogP contribution in [0.1, 0.15) is 33.2 Å². The van der Waals surface area contributed by atoms with Crippen molar-refractivity contribution in [1.29, 1.82) is 0 Å². The lowest BCUT2D eigenvalue weighted by molar-refractivity contribution is 0.0703. The number of carbonyl (C=O) groups is 2. The number of hydroxylamine groups is 1. The summed E-state index contributed by atoms with van der Waals surface area (Å²) in [5, 5.41) is 11.4. The predicted octanol–water partition coefficient (Wildman–Crippen LogP) is 2.62. The zero-order valence-electron chi connectivity index (χ0n) is 11.6. The average molecular weight is 284 g/mol. The first-order chi connectivity index (χ1) is 10.2. The normalized spacial score (nSPS) is 10.0. The van der Waals surface area contributed by atoms with Gasteiger partial charge in [-0.2, -0.15) is 0 Å². The number of benzene rings is 2. The molecule has 0 aliphatic rings. The van der Waals surface area contributed by atoms with Crippen molar-refractivity contribution >= 4 is 17.5 Å². The van der Waals surface area contributed by atoms with Crippen LogP contribution in [0.3, 0.4) is 0 Å². The van der Waals surface area contributed by atoms with Crippen LogP contribution in [0.25, 0.3) is 0 Å². The highest BCUT2D eigenvalue weighted by Crippen LogP contribution is 2.14. The molecule has 0 radical (unpaired) electrons. The van der Waals surface area contributed by atoms with Gasteiger partial charge < -0.3 is 5.32 Å². The molecule has 0 aromatic heterocycles. The van der Waals surface area contributed by atoms with E-state index in [-0.39, 0.29) is 11.1 Å². The molecule has 5 nitrogen and oxygen atoms in total. The highest BCUT2D eigenvalue weighted by Gasteiger charge is 2.16. The van der Waals surface area contributed by atoms with E-state index < -0.39 is 11.8 Å². The Balaban J connectivity index is 2.22. The Morgan fingerprint density at radius 3 is 2.05 bits per heavy atom.